The van der Waals surface area contributed by atoms with E-state index in [9.17, 15) is 0 Å². The van der Waals surface area contributed by atoms with Gasteiger partial charge in [0, 0.05) is 21.1 Å². The summed E-state index contributed by atoms with van der Waals surface area (Å²) in [5.74, 6) is 0.872. The second kappa shape index (κ2) is 5.76. The molecule has 2 nitrogen and oxygen atoms in total. The topological polar surface area (TPSA) is 35.2 Å². The number of nitrogens with two attached hydrogens (primary N) is 1. The molecule has 0 aliphatic heterocycles. The lowest BCUT2D eigenvalue weighted by molar-refractivity contribution is 0.306. The fourth-order valence-corrected chi connectivity index (χ4v) is 3.24. The van der Waals surface area contributed by atoms with E-state index in [0.717, 1.165) is 28.6 Å². The molecule has 104 valence electrons. The van der Waals surface area contributed by atoms with Crippen molar-refractivity contribution in [3.63, 3.8) is 0 Å². The van der Waals surface area contributed by atoms with E-state index in [-0.39, 0.29) is 6.04 Å². The number of rotatable bonds is 3. The molecular formula is C16H15BrClNO. The molecule has 2 aromatic carbocycles. The van der Waals surface area contributed by atoms with E-state index < -0.39 is 0 Å². The normalized spacial score (nSPS) is 17.1. The van der Waals surface area contributed by atoms with Crippen LogP contribution in [0.3, 0.4) is 0 Å². The molecule has 0 fully saturated rings. The molecule has 20 heavy (non-hydrogen) atoms. The number of aryl methyl sites for hydroxylation is 1. The van der Waals surface area contributed by atoms with Gasteiger partial charge in [0.15, 0.2) is 0 Å². The molecule has 1 atom stereocenters. The van der Waals surface area contributed by atoms with Crippen LogP contribution in [-0.2, 0) is 13.0 Å². The van der Waals surface area contributed by atoms with Crippen molar-refractivity contribution < 1.29 is 4.74 Å². The maximum absolute atomic E-state index is 6.18. The Morgan fingerprint density at radius 3 is 2.90 bits per heavy atom. The van der Waals surface area contributed by atoms with Crippen molar-refractivity contribution in [3.05, 3.63) is 62.6 Å². The first kappa shape index (κ1) is 13.9. The highest BCUT2D eigenvalue weighted by molar-refractivity contribution is 9.10. The molecule has 4 heteroatoms. The Balaban J connectivity index is 1.73. The molecule has 0 unspecified atom stereocenters. The minimum Gasteiger partial charge on any atom is -0.489 e. The van der Waals surface area contributed by atoms with Gasteiger partial charge < -0.3 is 10.5 Å². The highest BCUT2D eigenvalue weighted by Crippen LogP contribution is 2.32. The van der Waals surface area contributed by atoms with Gasteiger partial charge in [-0.15, -0.1) is 0 Å². The van der Waals surface area contributed by atoms with Crippen molar-refractivity contribution in [3.8, 4) is 5.75 Å². The Morgan fingerprint density at radius 2 is 2.10 bits per heavy atom. The second-order valence-electron chi connectivity index (χ2n) is 5.03. The third kappa shape index (κ3) is 2.85. The molecule has 0 aromatic heterocycles. The third-order valence-corrected chi connectivity index (χ3v) is 4.49. The van der Waals surface area contributed by atoms with Gasteiger partial charge in [0.2, 0.25) is 0 Å². The van der Waals surface area contributed by atoms with Crippen LogP contribution in [0.15, 0.2) is 40.9 Å². The van der Waals surface area contributed by atoms with Crippen LogP contribution in [0.4, 0.5) is 0 Å². The SMILES string of the molecule is N[C@H]1CCc2cc(OCc3ccc(Br)cc3Cl)ccc21. The van der Waals surface area contributed by atoms with E-state index in [4.69, 9.17) is 22.1 Å². The molecule has 2 N–H and O–H groups in total. The molecule has 0 saturated heterocycles. The summed E-state index contributed by atoms with van der Waals surface area (Å²) >= 11 is 9.58. The molecule has 2 aromatic rings. The quantitative estimate of drug-likeness (QED) is 0.874. The first-order valence-electron chi connectivity index (χ1n) is 6.58. The predicted molar refractivity (Wildman–Crippen MR) is 85.2 cm³/mol. The highest BCUT2D eigenvalue weighted by atomic mass is 79.9. The van der Waals surface area contributed by atoms with Gasteiger partial charge in [0.1, 0.15) is 12.4 Å². The Hall–Kier alpha value is -1.03. The van der Waals surface area contributed by atoms with Crippen molar-refractivity contribution in [2.24, 2.45) is 5.73 Å². The molecular weight excluding hydrogens is 338 g/mol. The summed E-state index contributed by atoms with van der Waals surface area (Å²) in [6.07, 6.45) is 2.06. The number of benzene rings is 2. The van der Waals surface area contributed by atoms with Crippen LogP contribution < -0.4 is 10.5 Å². The zero-order chi connectivity index (χ0) is 14.1. The second-order valence-corrected chi connectivity index (χ2v) is 6.35. The van der Waals surface area contributed by atoms with Crippen molar-refractivity contribution >= 4 is 27.5 Å². The van der Waals surface area contributed by atoms with Gasteiger partial charge in [-0.1, -0.05) is 39.7 Å². The number of hydrogen-bond donors (Lipinski definition) is 1. The van der Waals surface area contributed by atoms with Gasteiger partial charge in [-0.25, -0.2) is 0 Å². The Kier molecular flexibility index (Phi) is 4.01. The molecule has 0 saturated carbocycles. The summed E-state index contributed by atoms with van der Waals surface area (Å²) in [6.45, 7) is 0.469. The first-order chi connectivity index (χ1) is 9.63. The van der Waals surface area contributed by atoms with Crippen LogP contribution in [0.1, 0.15) is 29.2 Å². The largest absolute Gasteiger partial charge is 0.489 e. The lowest BCUT2D eigenvalue weighted by Gasteiger charge is -2.10. The molecule has 0 spiro atoms. The van der Waals surface area contributed by atoms with Crippen molar-refractivity contribution in [2.45, 2.75) is 25.5 Å². The van der Waals surface area contributed by atoms with Crippen LogP contribution in [-0.4, -0.2) is 0 Å². The Labute approximate surface area is 132 Å². The lowest BCUT2D eigenvalue weighted by atomic mass is 10.1. The molecule has 1 aliphatic carbocycles. The van der Waals surface area contributed by atoms with Crippen LogP contribution >= 0.6 is 27.5 Å². The third-order valence-electron chi connectivity index (χ3n) is 3.65. The van der Waals surface area contributed by atoms with Crippen LogP contribution in [0.25, 0.3) is 0 Å². The zero-order valence-corrected chi connectivity index (χ0v) is 13.2. The number of hydrogen-bond acceptors (Lipinski definition) is 2. The molecule has 0 radical (unpaired) electrons. The van der Waals surface area contributed by atoms with Crippen molar-refractivity contribution in [1.82, 2.24) is 0 Å². The maximum atomic E-state index is 6.18. The van der Waals surface area contributed by atoms with Crippen LogP contribution in [0, 0.1) is 0 Å². The van der Waals surface area contributed by atoms with Gasteiger partial charge in [-0.05, 0) is 48.2 Å². The van der Waals surface area contributed by atoms with E-state index in [1.54, 1.807) is 0 Å². The summed E-state index contributed by atoms with van der Waals surface area (Å²) in [5.41, 5.74) is 9.56. The van der Waals surface area contributed by atoms with E-state index >= 15 is 0 Å². The van der Waals surface area contributed by atoms with Gasteiger partial charge in [-0.3, -0.25) is 0 Å². The van der Waals surface area contributed by atoms with Crippen molar-refractivity contribution in [1.29, 1.82) is 0 Å². The van der Waals surface area contributed by atoms with Gasteiger partial charge in [-0.2, -0.15) is 0 Å². The smallest absolute Gasteiger partial charge is 0.120 e. The highest BCUT2D eigenvalue weighted by Gasteiger charge is 2.19. The lowest BCUT2D eigenvalue weighted by Crippen LogP contribution is -2.05. The Bertz CT molecular complexity index is 644. The number of halogens is 2. The first-order valence-corrected chi connectivity index (χ1v) is 7.76. The van der Waals surface area contributed by atoms with E-state index in [1.807, 2.05) is 24.3 Å². The fourth-order valence-electron chi connectivity index (χ4n) is 2.52. The Morgan fingerprint density at radius 1 is 1.25 bits per heavy atom. The summed E-state index contributed by atoms with van der Waals surface area (Å²) in [4.78, 5) is 0. The molecule has 0 bridgehead atoms. The number of ether oxygens (including phenoxy) is 1. The van der Waals surface area contributed by atoms with Crippen LogP contribution in [0.2, 0.25) is 5.02 Å². The van der Waals surface area contributed by atoms with Crippen molar-refractivity contribution in [2.75, 3.05) is 0 Å². The van der Waals surface area contributed by atoms with E-state index in [0.29, 0.717) is 11.6 Å². The molecule has 1 aliphatic rings. The van der Waals surface area contributed by atoms with Gasteiger partial charge in [0.05, 0.1) is 0 Å². The van der Waals surface area contributed by atoms with Crippen LogP contribution in [0.5, 0.6) is 5.75 Å². The minimum atomic E-state index is 0.181. The summed E-state index contributed by atoms with van der Waals surface area (Å²) < 4.78 is 6.80. The average molecular weight is 353 g/mol. The molecule has 0 heterocycles. The van der Waals surface area contributed by atoms with E-state index in [1.165, 1.54) is 11.1 Å². The summed E-state index contributed by atoms with van der Waals surface area (Å²) in [6, 6.07) is 12.1. The van der Waals surface area contributed by atoms with Gasteiger partial charge >= 0.3 is 0 Å². The van der Waals surface area contributed by atoms with E-state index in [2.05, 4.69) is 28.1 Å². The fraction of sp³-hybridized carbons (Fsp3) is 0.250. The summed E-state index contributed by atoms with van der Waals surface area (Å²) in [7, 11) is 0. The minimum absolute atomic E-state index is 0.181. The average Bonchev–Trinajstić information content (AvgIpc) is 2.79. The molecule has 3 rings (SSSR count). The summed E-state index contributed by atoms with van der Waals surface area (Å²) in [5, 5.41) is 0.711. The monoisotopic (exact) mass is 351 g/mol. The van der Waals surface area contributed by atoms with Gasteiger partial charge in [0.25, 0.3) is 0 Å². The zero-order valence-electron chi connectivity index (χ0n) is 10.9. The number of fused-ring (bicyclic) bond motifs is 1. The maximum Gasteiger partial charge on any atom is 0.120 e. The predicted octanol–water partition coefficient (Wildman–Crippen LogP) is 4.63. The standard InChI is InChI=1S/C16H15BrClNO/c17-12-3-1-11(15(18)8-12)9-20-13-4-5-14-10(7-13)2-6-16(14)19/h1,3-5,7-8,16H,2,6,9,19H2/t16-/m0/s1. The molecule has 0 amide bonds.